The van der Waals surface area contributed by atoms with Gasteiger partial charge in [-0.05, 0) is 81.3 Å². The molecule has 8 heterocycles. The molecule has 1 saturated carbocycles. The van der Waals surface area contributed by atoms with Crippen LogP contribution in [0.1, 0.15) is 105 Å². The number of methoxy groups -OCH3 is 1. The van der Waals surface area contributed by atoms with Crippen LogP contribution in [0.5, 0.6) is 5.75 Å². The number of hydrogen-bond acceptors (Lipinski definition) is 17. The summed E-state index contributed by atoms with van der Waals surface area (Å²) in [5.41, 5.74) is 0.343. The molecule has 23 heteroatoms. The van der Waals surface area contributed by atoms with E-state index < -0.39 is 41.3 Å². The minimum atomic E-state index is -1.05. The maximum Gasteiger partial charge on any atom is 0.410 e. The molecule has 7 aromatic rings. The normalized spacial score (nSPS) is 18.1. The van der Waals surface area contributed by atoms with Crippen molar-refractivity contribution in [1.82, 2.24) is 44.9 Å². The van der Waals surface area contributed by atoms with Gasteiger partial charge in [-0.15, -0.1) is 0 Å². The molecular formula is C58H63F2N13O8. The average molecular weight is 1110 g/mol. The smallest absolute Gasteiger partial charge is 0.410 e. The van der Waals surface area contributed by atoms with Crippen LogP contribution in [0.4, 0.5) is 42.5 Å². The van der Waals surface area contributed by atoms with Gasteiger partial charge in [0.1, 0.15) is 52.3 Å². The number of benzene rings is 2. The first-order chi connectivity index (χ1) is 39.0. The van der Waals surface area contributed by atoms with Gasteiger partial charge in [0.25, 0.3) is 5.91 Å². The monoisotopic (exact) mass is 1110 g/mol. The molecule has 2 saturated heterocycles. The second-order valence-corrected chi connectivity index (χ2v) is 21.5. The molecule has 0 radical (unpaired) electrons. The number of hydrogen-bond donors (Lipinski definition) is 3. The van der Waals surface area contributed by atoms with Crippen LogP contribution in [-0.4, -0.2) is 136 Å². The fraction of sp³-hybridized carbons (Fsp3) is 0.414. The van der Waals surface area contributed by atoms with Crippen molar-refractivity contribution in [3.8, 4) is 5.75 Å². The quantitative estimate of drug-likeness (QED) is 0.0730. The Bertz CT molecular complexity index is 3800. The van der Waals surface area contributed by atoms with Crippen molar-refractivity contribution < 1.29 is 41.8 Å². The van der Waals surface area contributed by atoms with Gasteiger partial charge in [-0.3, -0.25) is 19.4 Å². The van der Waals surface area contributed by atoms with Crippen LogP contribution in [0.2, 0.25) is 0 Å². The van der Waals surface area contributed by atoms with Crippen molar-refractivity contribution in [2.45, 2.75) is 103 Å². The lowest BCUT2D eigenvalue weighted by Crippen LogP contribution is -2.55. The van der Waals surface area contributed by atoms with Crippen LogP contribution in [-0.2, 0) is 9.53 Å². The van der Waals surface area contributed by atoms with Crippen molar-refractivity contribution in [3.63, 3.8) is 0 Å². The predicted molar refractivity (Wildman–Crippen MR) is 302 cm³/mol. The fourth-order valence-electron chi connectivity index (χ4n) is 11.7. The Morgan fingerprint density at radius 2 is 1.70 bits per heavy atom. The van der Waals surface area contributed by atoms with E-state index in [4.69, 9.17) is 18.9 Å². The third-order valence-electron chi connectivity index (χ3n) is 15.9. The van der Waals surface area contributed by atoms with Gasteiger partial charge in [-0.2, -0.15) is 9.97 Å². The molecule has 21 nitrogen and oxygen atoms in total. The van der Waals surface area contributed by atoms with Crippen molar-refractivity contribution in [2.24, 2.45) is 0 Å². The van der Waals surface area contributed by atoms with Crippen molar-refractivity contribution in [1.29, 1.82) is 0 Å². The topological polar surface area (TPSA) is 235 Å². The standard InChI is InChI=1S/C58H63F2N13O8/c1-8-41-55(76)69(6)42-28-63-56(67-53(42)72(41)36-11-9-10-12-36)65-40-14-13-33(24-44(40)79-7)54(75)64-35-16-20-70(21-17-35)58(78)80-29-31(4)50(74)34-23-38(59)46-45(25-34)81-43-15-18-62-47(30(2)3)49(43)73-52-37(26-39(60)48(46)66-52)51(68-57(73)77)71-22-19-61-27-32(71)5/h13-15,18,23-26,28,30,32,35-36,41,61H,4,8-12,16-17,19-22,27,29H2,1-3,5-7H3,(H,64,75)(H,63,65,67)/t32-,41+/m0/s1. The summed E-state index contributed by atoms with van der Waals surface area (Å²) >= 11 is 0. The molecule has 2 aromatic carbocycles. The van der Waals surface area contributed by atoms with Crippen LogP contribution < -0.4 is 41.1 Å². The first-order valence-corrected chi connectivity index (χ1v) is 27.5. The number of fused-ring (bicyclic) bond motifs is 6. The molecule has 422 valence electrons. The molecule has 0 spiro atoms. The number of likely N-dealkylation sites (N-methyl/N-ethyl adjacent to an activating group) is 1. The molecule has 5 aromatic heterocycles. The number of ketones is 1. The molecule has 11 rings (SSSR count). The summed E-state index contributed by atoms with van der Waals surface area (Å²) in [5.74, 6) is -1.67. The maximum absolute atomic E-state index is 16.7. The van der Waals surface area contributed by atoms with E-state index >= 15 is 8.78 Å². The van der Waals surface area contributed by atoms with Gasteiger partial charge in [-0.1, -0.05) is 40.2 Å². The van der Waals surface area contributed by atoms with Gasteiger partial charge >= 0.3 is 11.8 Å². The minimum absolute atomic E-state index is 0.0179. The number of halogens is 2. The van der Waals surface area contributed by atoms with E-state index in [0.717, 1.165) is 31.7 Å². The summed E-state index contributed by atoms with van der Waals surface area (Å²) in [4.78, 5) is 99.0. The lowest BCUT2D eigenvalue weighted by molar-refractivity contribution is -0.120. The largest absolute Gasteiger partial charge is 0.495 e. The summed E-state index contributed by atoms with van der Waals surface area (Å²) in [6.45, 7) is 13.2. The first-order valence-electron chi connectivity index (χ1n) is 27.5. The van der Waals surface area contributed by atoms with E-state index in [-0.39, 0.29) is 105 Å². The third-order valence-corrected chi connectivity index (χ3v) is 15.9. The van der Waals surface area contributed by atoms with E-state index in [1.807, 2.05) is 32.6 Å². The maximum atomic E-state index is 16.7. The molecular weight excluding hydrogens is 1040 g/mol. The molecule has 4 aliphatic rings. The van der Waals surface area contributed by atoms with Crippen LogP contribution in [0, 0.1) is 11.6 Å². The highest BCUT2D eigenvalue weighted by Crippen LogP contribution is 2.41. The Hall–Kier alpha value is -8.60. The molecule has 2 bridgehead atoms. The number of likely N-dealkylation sites (tertiary alicyclic amines) is 1. The van der Waals surface area contributed by atoms with Gasteiger partial charge in [-0.25, -0.2) is 32.7 Å². The number of piperidine rings is 1. The highest BCUT2D eigenvalue weighted by molar-refractivity contribution is 6.11. The number of aromatic nitrogens is 6. The number of amides is 3. The predicted octanol–water partition coefficient (Wildman–Crippen LogP) is 8.12. The summed E-state index contributed by atoms with van der Waals surface area (Å²) in [6.07, 6.45) is 8.06. The van der Waals surface area contributed by atoms with Crippen LogP contribution in [0.3, 0.4) is 0 Å². The van der Waals surface area contributed by atoms with Crippen molar-refractivity contribution in [3.05, 3.63) is 106 Å². The van der Waals surface area contributed by atoms with E-state index in [0.29, 0.717) is 79.0 Å². The fourth-order valence-corrected chi connectivity index (χ4v) is 11.7. The van der Waals surface area contributed by atoms with Gasteiger partial charge in [0.2, 0.25) is 11.9 Å². The number of nitrogens with one attached hydrogen (secondary N) is 3. The van der Waals surface area contributed by atoms with Crippen LogP contribution >= 0.6 is 0 Å². The molecule has 2 atom stereocenters. The van der Waals surface area contributed by atoms with Crippen molar-refractivity contribution in [2.75, 3.05) is 73.5 Å². The Morgan fingerprint density at radius 3 is 2.43 bits per heavy atom. The number of carbonyl (C=O) groups excluding carboxylic acids is 4. The number of nitrogens with zero attached hydrogens (tertiary/aromatic N) is 10. The lowest BCUT2D eigenvalue weighted by atomic mass is 10.0. The molecule has 0 unspecified atom stereocenters. The summed E-state index contributed by atoms with van der Waals surface area (Å²) in [6, 6.07) is 9.35. The number of Topliss-reactive ketones (excluding diaryl/α,β-unsaturated/α-hetero) is 1. The number of anilines is 5. The average Bonchev–Trinajstić information content (AvgIpc) is 3.82. The third kappa shape index (κ3) is 10.1. The van der Waals surface area contributed by atoms with E-state index in [1.54, 1.807) is 36.3 Å². The Morgan fingerprint density at radius 1 is 0.926 bits per heavy atom. The van der Waals surface area contributed by atoms with Gasteiger partial charge in [0, 0.05) is 86.9 Å². The Kier molecular flexibility index (Phi) is 14.9. The first kappa shape index (κ1) is 54.4. The highest BCUT2D eigenvalue weighted by Gasteiger charge is 2.41. The van der Waals surface area contributed by atoms with Gasteiger partial charge in [0.15, 0.2) is 28.6 Å². The SMILES string of the molecule is C=C(COC(=O)N1CCC(NC(=O)c2ccc(Nc3ncc4c(n3)N(C3CCCC3)[C@H](CC)C(=O)N4C)c(OC)c2)CC1)C(=O)c1cc(F)c2c(c1)oc1ccnc(C(C)C)c1n1c(=O)nc(N3CCNC[C@@H]3C)c3cc(F)c2nc31. The molecule has 3 aliphatic heterocycles. The zero-order valence-electron chi connectivity index (χ0n) is 46.0. The highest BCUT2D eigenvalue weighted by atomic mass is 19.1. The Labute approximate surface area is 464 Å². The summed E-state index contributed by atoms with van der Waals surface area (Å²) in [7, 11) is 3.25. The van der Waals surface area contributed by atoms with Crippen molar-refractivity contribution >= 4 is 91.3 Å². The second-order valence-electron chi connectivity index (χ2n) is 21.5. The summed E-state index contributed by atoms with van der Waals surface area (Å²) < 4.78 is 52.2. The molecule has 3 fully saturated rings. The number of pyridine rings is 2. The van der Waals surface area contributed by atoms with E-state index in [9.17, 15) is 24.0 Å². The molecule has 3 N–H and O–H groups in total. The number of piperazine rings is 1. The number of rotatable bonds is 13. The van der Waals surface area contributed by atoms with Gasteiger partial charge < -0.3 is 49.4 Å². The van der Waals surface area contributed by atoms with Crippen LogP contribution in [0.15, 0.2) is 76.2 Å². The summed E-state index contributed by atoms with van der Waals surface area (Å²) in [5, 5.41) is 9.45. The van der Waals surface area contributed by atoms with Crippen LogP contribution in [0.25, 0.3) is 38.6 Å². The lowest BCUT2D eigenvalue weighted by Gasteiger charge is -2.43. The van der Waals surface area contributed by atoms with E-state index in [2.05, 4.69) is 47.4 Å². The number of carbonyl (C=O) groups is 4. The second kappa shape index (κ2) is 22.1. The van der Waals surface area contributed by atoms with Gasteiger partial charge in [0.05, 0.1) is 35.5 Å². The zero-order chi connectivity index (χ0) is 57.0. The Balaban J connectivity index is 0.759. The molecule has 1 aliphatic carbocycles. The van der Waals surface area contributed by atoms with E-state index in [1.165, 1.54) is 40.8 Å². The minimum Gasteiger partial charge on any atom is -0.495 e. The number of ether oxygens (including phenoxy) is 2. The molecule has 3 amide bonds. The zero-order valence-corrected chi connectivity index (χ0v) is 46.0. The molecule has 81 heavy (non-hydrogen) atoms.